The van der Waals surface area contributed by atoms with Crippen molar-refractivity contribution in [2.75, 3.05) is 6.61 Å². The topological polar surface area (TPSA) is 78.8 Å². The lowest BCUT2D eigenvalue weighted by atomic mass is 10.0. The van der Waals surface area contributed by atoms with Gasteiger partial charge in [-0.05, 0) is 57.3 Å². The number of allylic oxidation sites excluding steroid dienone is 1. The summed E-state index contributed by atoms with van der Waals surface area (Å²) in [7, 11) is 0. The van der Waals surface area contributed by atoms with Gasteiger partial charge in [-0.2, -0.15) is 0 Å². The molecule has 3 N–H and O–H groups in total. The maximum Gasteiger partial charge on any atom is 0.340 e. The normalized spacial score (nSPS) is 11.7. The van der Waals surface area contributed by atoms with E-state index in [0.29, 0.717) is 16.7 Å². The summed E-state index contributed by atoms with van der Waals surface area (Å²) in [6, 6.07) is 11.0. The molecule has 2 aromatic rings. The molecule has 0 heterocycles. The molecule has 0 unspecified atom stereocenters. The van der Waals surface area contributed by atoms with Crippen molar-refractivity contribution in [1.29, 1.82) is 0 Å². The highest BCUT2D eigenvalue weighted by Gasteiger charge is 2.25. The Labute approximate surface area is 169 Å². The number of phenolic OH excluding ortho intramolecular Hbond substituents is 2. The predicted octanol–water partition coefficient (Wildman–Crippen LogP) is 4.71. The summed E-state index contributed by atoms with van der Waals surface area (Å²) in [5.41, 5.74) is 1.87. The highest BCUT2D eigenvalue weighted by Crippen LogP contribution is 2.44. The standard InChI is InChI=1S/C19H19Br2NO4/c1-3-26-19(25)15(11(2)22-10-12-7-5-4-6-8-12)16-14(23)9-13(20)18(24)17(16)21/h4-9,22-24H,3,10H2,1-2H3/b15-11+. The fourth-order valence-electron chi connectivity index (χ4n) is 2.40. The summed E-state index contributed by atoms with van der Waals surface area (Å²) < 4.78 is 5.66. The van der Waals surface area contributed by atoms with Gasteiger partial charge in [0.25, 0.3) is 0 Å². The second kappa shape index (κ2) is 9.09. The van der Waals surface area contributed by atoms with Crippen LogP contribution < -0.4 is 5.32 Å². The van der Waals surface area contributed by atoms with E-state index in [0.717, 1.165) is 5.56 Å². The van der Waals surface area contributed by atoms with Crippen LogP contribution >= 0.6 is 31.9 Å². The first kappa shape index (κ1) is 20.3. The van der Waals surface area contributed by atoms with Crippen LogP contribution in [-0.2, 0) is 16.1 Å². The van der Waals surface area contributed by atoms with Gasteiger partial charge in [0.1, 0.15) is 11.5 Å². The molecule has 0 aromatic heterocycles. The van der Waals surface area contributed by atoms with Crippen molar-refractivity contribution in [1.82, 2.24) is 5.32 Å². The molecule has 0 atom stereocenters. The van der Waals surface area contributed by atoms with Crippen LogP contribution in [-0.4, -0.2) is 22.8 Å². The number of hydrogen-bond acceptors (Lipinski definition) is 5. The number of hydrogen-bond donors (Lipinski definition) is 3. The fourth-order valence-corrected chi connectivity index (χ4v) is 3.69. The Bertz CT molecular complexity index is 835. The maximum atomic E-state index is 12.6. The molecule has 7 heteroatoms. The summed E-state index contributed by atoms with van der Waals surface area (Å²) in [6.07, 6.45) is 0. The number of nitrogens with one attached hydrogen (secondary N) is 1. The van der Waals surface area contributed by atoms with Crippen LogP contribution in [0.15, 0.2) is 51.0 Å². The first-order valence-electron chi connectivity index (χ1n) is 7.92. The molecule has 138 valence electrons. The Morgan fingerprint density at radius 3 is 2.46 bits per heavy atom. The quantitative estimate of drug-likeness (QED) is 0.314. The summed E-state index contributed by atoms with van der Waals surface area (Å²) in [4.78, 5) is 12.6. The predicted molar refractivity (Wildman–Crippen MR) is 108 cm³/mol. The van der Waals surface area contributed by atoms with E-state index >= 15 is 0 Å². The Balaban J connectivity index is 2.50. The van der Waals surface area contributed by atoms with E-state index in [9.17, 15) is 15.0 Å². The van der Waals surface area contributed by atoms with E-state index in [1.807, 2.05) is 30.3 Å². The molecule has 2 aromatic carbocycles. The molecular weight excluding hydrogens is 466 g/mol. The fraction of sp³-hybridized carbons (Fsp3) is 0.211. The van der Waals surface area contributed by atoms with Crippen molar-refractivity contribution in [2.45, 2.75) is 20.4 Å². The lowest BCUT2D eigenvalue weighted by Crippen LogP contribution is -2.18. The van der Waals surface area contributed by atoms with Crippen LogP contribution in [0, 0.1) is 0 Å². The zero-order chi connectivity index (χ0) is 19.3. The summed E-state index contributed by atoms with van der Waals surface area (Å²) in [5, 5.41) is 23.7. The first-order chi connectivity index (χ1) is 12.4. The average Bonchev–Trinajstić information content (AvgIpc) is 2.62. The maximum absolute atomic E-state index is 12.6. The number of rotatable bonds is 6. The monoisotopic (exact) mass is 483 g/mol. The summed E-state index contributed by atoms with van der Waals surface area (Å²) >= 11 is 6.41. The van der Waals surface area contributed by atoms with Gasteiger partial charge >= 0.3 is 5.97 Å². The number of aromatic hydroxyl groups is 2. The molecule has 0 aliphatic heterocycles. The third-order valence-electron chi connectivity index (χ3n) is 3.68. The molecule has 0 fully saturated rings. The number of phenols is 2. The Morgan fingerprint density at radius 2 is 1.85 bits per heavy atom. The van der Waals surface area contributed by atoms with Crippen LogP contribution in [0.2, 0.25) is 0 Å². The minimum atomic E-state index is -0.594. The molecule has 0 aliphatic carbocycles. The molecule has 0 saturated heterocycles. The number of benzene rings is 2. The van der Waals surface area contributed by atoms with Crippen molar-refractivity contribution in [2.24, 2.45) is 0 Å². The van der Waals surface area contributed by atoms with E-state index in [1.165, 1.54) is 6.07 Å². The van der Waals surface area contributed by atoms with Crippen LogP contribution in [0.1, 0.15) is 25.0 Å². The van der Waals surface area contributed by atoms with Crippen molar-refractivity contribution in [3.05, 3.63) is 62.2 Å². The molecule has 0 amide bonds. The van der Waals surface area contributed by atoms with Gasteiger partial charge in [-0.25, -0.2) is 4.79 Å². The Morgan fingerprint density at radius 1 is 1.19 bits per heavy atom. The SMILES string of the molecule is CCOC(=O)/C(=C(\C)NCc1ccccc1)c1c(O)cc(Br)c(O)c1Br. The Hall–Kier alpha value is -1.99. The van der Waals surface area contributed by atoms with Gasteiger partial charge in [0.15, 0.2) is 0 Å². The number of esters is 1. The van der Waals surface area contributed by atoms with Gasteiger partial charge in [-0.3, -0.25) is 0 Å². The molecular formula is C19H19Br2NO4. The number of ether oxygens (including phenoxy) is 1. The average molecular weight is 485 g/mol. The van der Waals surface area contributed by atoms with Gasteiger partial charge in [0.2, 0.25) is 0 Å². The van der Waals surface area contributed by atoms with Crippen LogP contribution in [0.3, 0.4) is 0 Å². The van der Waals surface area contributed by atoms with Gasteiger partial charge in [-0.1, -0.05) is 30.3 Å². The Kier molecular flexibility index (Phi) is 7.11. The van der Waals surface area contributed by atoms with E-state index in [1.54, 1.807) is 13.8 Å². The van der Waals surface area contributed by atoms with E-state index in [2.05, 4.69) is 37.2 Å². The van der Waals surface area contributed by atoms with Crippen LogP contribution in [0.5, 0.6) is 11.5 Å². The molecule has 0 aliphatic rings. The van der Waals surface area contributed by atoms with E-state index in [-0.39, 0.29) is 33.7 Å². The van der Waals surface area contributed by atoms with Crippen LogP contribution in [0.25, 0.3) is 5.57 Å². The highest BCUT2D eigenvalue weighted by molar-refractivity contribution is 9.11. The van der Waals surface area contributed by atoms with Gasteiger partial charge in [0, 0.05) is 12.2 Å². The second-order valence-electron chi connectivity index (χ2n) is 5.47. The van der Waals surface area contributed by atoms with Gasteiger partial charge in [0.05, 0.1) is 26.7 Å². The number of carbonyl (C=O) groups excluding carboxylic acids is 1. The van der Waals surface area contributed by atoms with Crippen molar-refractivity contribution in [3.63, 3.8) is 0 Å². The summed E-state index contributed by atoms with van der Waals surface area (Å²) in [6.45, 7) is 4.11. The van der Waals surface area contributed by atoms with Crippen molar-refractivity contribution in [3.8, 4) is 11.5 Å². The minimum Gasteiger partial charge on any atom is -0.507 e. The van der Waals surface area contributed by atoms with E-state index in [4.69, 9.17) is 4.74 Å². The minimum absolute atomic E-state index is 0.115. The van der Waals surface area contributed by atoms with Crippen LogP contribution in [0.4, 0.5) is 0 Å². The molecule has 2 rings (SSSR count). The molecule has 0 radical (unpaired) electrons. The van der Waals surface area contributed by atoms with Gasteiger partial charge in [-0.15, -0.1) is 0 Å². The third kappa shape index (κ3) is 4.59. The molecule has 0 bridgehead atoms. The lowest BCUT2D eigenvalue weighted by molar-refractivity contribution is -0.136. The number of carbonyl (C=O) groups is 1. The lowest BCUT2D eigenvalue weighted by Gasteiger charge is -2.17. The van der Waals surface area contributed by atoms with Crippen molar-refractivity contribution >= 4 is 43.4 Å². The van der Waals surface area contributed by atoms with Crippen molar-refractivity contribution < 1.29 is 19.7 Å². The third-order valence-corrected chi connectivity index (χ3v) is 5.05. The van der Waals surface area contributed by atoms with E-state index < -0.39 is 5.97 Å². The molecule has 0 saturated carbocycles. The second-order valence-corrected chi connectivity index (χ2v) is 7.12. The zero-order valence-corrected chi connectivity index (χ0v) is 17.5. The smallest absolute Gasteiger partial charge is 0.340 e. The zero-order valence-electron chi connectivity index (χ0n) is 14.3. The molecule has 0 spiro atoms. The summed E-state index contributed by atoms with van der Waals surface area (Å²) in [5.74, 6) is -0.871. The van der Waals surface area contributed by atoms with Gasteiger partial charge < -0.3 is 20.3 Å². The molecule has 26 heavy (non-hydrogen) atoms. The number of halogens is 2. The largest absolute Gasteiger partial charge is 0.507 e. The highest BCUT2D eigenvalue weighted by atomic mass is 79.9. The molecule has 5 nitrogen and oxygen atoms in total. The first-order valence-corrected chi connectivity index (χ1v) is 9.51.